The van der Waals surface area contributed by atoms with E-state index in [0.717, 1.165) is 30.4 Å². The molecule has 1 aromatic rings. The van der Waals surface area contributed by atoms with Gasteiger partial charge in [-0.2, -0.15) is 0 Å². The average Bonchev–Trinajstić information content (AvgIpc) is 2.46. The van der Waals surface area contributed by atoms with Crippen LogP contribution in [0.5, 0.6) is 0 Å². The van der Waals surface area contributed by atoms with Crippen molar-refractivity contribution in [3.63, 3.8) is 0 Å². The lowest BCUT2D eigenvalue weighted by Gasteiger charge is -2.03. The molecule has 3 heteroatoms. The van der Waals surface area contributed by atoms with Gasteiger partial charge in [-0.15, -0.1) is 0 Å². The number of unbranched alkanes of at least 4 members (excludes halogenated alkanes) is 2. The van der Waals surface area contributed by atoms with Gasteiger partial charge in [0.2, 0.25) is 0 Å². The van der Waals surface area contributed by atoms with Gasteiger partial charge in [-0.1, -0.05) is 44.0 Å². The maximum Gasteiger partial charge on any atom is 0.194 e. The van der Waals surface area contributed by atoms with Crippen LogP contribution >= 0.6 is 0 Å². The Hall–Kier alpha value is -1.92. The lowest BCUT2D eigenvalue weighted by atomic mass is 10.0. The van der Waals surface area contributed by atoms with Crippen LogP contribution in [0.2, 0.25) is 0 Å². The lowest BCUT2D eigenvalue weighted by molar-refractivity contribution is -0.114. The SMILES string of the molecule is [C-]#[N+]c1ccc(CCO)cc1C=CC(=O)CCCCC. The minimum atomic E-state index is 0.0798. The standard InChI is InChI=1S/C17H21NO2/c1-3-4-5-6-16(20)9-8-15-13-14(11-12-19)7-10-17(15)18-2/h7-10,13,19H,3-6,11-12H2,1H3. The fourth-order valence-corrected chi connectivity index (χ4v) is 1.94. The number of carbonyl (C=O) groups excluding carboxylic acids is 1. The Balaban J connectivity index is 2.76. The van der Waals surface area contributed by atoms with E-state index in [1.54, 1.807) is 18.2 Å². The van der Waals surface area contributed by atoms with E-state index < -0.39 is 0 Å². The zero-order valence-corrected chi connectivity index (χ0v) is 11.9. The monoisotopic (exact) mass is 271 g/mol. The molecule has 1 N–H and O–H groups in total. The number of carbonyl (C=O) groups is 1. The summed E-state index contributed by atoms with van der Waals surface area (Å²) in [5.41, 5.74) is 2.25. The van der Waals surface area contributed by atoms with E-state index in [-0.39, 0.29) is 12.4 Å². The van der Waals surface area contributed by atoms with Gasteiger partial charge in [0, 0.05) is 13.0 Å². The van der Waals surface area contributed by atoms with Gasteiger partial charge in [0.25, 0.3) is 0 Å². The first-order chi connectivity index (χ1) is 9.71. The number of hydrogen-bond acceptors (Lipinski definition) is 2. The van der Waals surface area contributed by atoms with Crippen LogP contribution in [0.25, 0.3) is 10.9 Å². The minimum Gasteiger partial charge on any atom is -0.396 e. The second-order valence-electron chi connectivity index (χ2n) is 4.74. The van der Waals surface area contributed by atoms with E-state index in [4.69, 9.17) is 11.7 Å². The molecule has 0 atom stereocenters. The van der Waals surface area contributed by atoms with Crippen molar-refractivity contribution in [2.75, 3.05) is 6.61 Å². The first-order valence-corrected chi connectivity index (χ1v) is 7.03. The molecule has 0 saturated carbocycles. The summed E-state index contributed by atoms with van der Waals surface area (Å²) in [4.78, 5) is 15.1. The molecule has 0 aliphatic carbocycles. The summed E-state index contributed by atoms with van der Waals surface area (Å²) in [6.45, 7) is 9.32. The maximum atomic E-state index is 11.7. The van der Waals surface area contributed by atoms with Crippen LogP contribution in [-0.4, -0.2) is 17.5 Å². The molecule has 0 aliphatic heterocycles. The van der Waals surface area contributed by atoms with E-state index in [0.29, 0.717) is 18.5 Å². The molecule has 0 aromatic heterocycles. The van der Waals surface area contributed by atoms with Crippen molar-refractivity contribution in [2.24, 2.45) is 0 Å². The highest BCUT2D eigenvalue weighted by molar-refractivity contribution is 5.94. The van der Waals surface area contributed by atoms with Crippen LogP contribution in [-0.2, 0) is 11.2 Å². The molecule has 0 unspecified atom stereocenters. The highest BCUT2D eigenvalue weighted by atomic mass is 16.2. The Labute approximate surface area is 120 Å². The summed E-state index contributed by atoms with van der Waals surface area (Å²) in [5.74, 6) is 0.0990. The van der Waals surface area contributed by atoms with Gasteiger partial charge >= 0.3 is 0 Å². The van der Waals surface area contributed by atoms with Crippen molar-refractivity contribution in [1.29, 1.82) is 0 Å². The van der Waals surface area contributed by atoms with Gasteiger partial charge in [-0.3, -0.25) is 4.79 Å². The summed E-state index contributed by atoms with van der Waals surface area (Å²) in [7, 11) is 0. The third kappa shape index (κ3) is 5.38. The number of ketones is 1. The molecule has 3 nitrogen and oxygen atoms in total. The molecule has 106 valence electrons. The summed E-state index contributed by atoms with van der Waals surface area (Å²) in [5, 5.41) is 8.94. The molecule has 0 spiro atoms. The molecule has 20 heavy (non-hydrogen) atoms. The van der Waals surface area contributed by atoms with Crippen LogP contribution in [0.4, 0.5) is 5.69 Å². The fourth-order valence-electron chi connectivity index (χ4n) is 1.94. The molecular weight excluding hydrogens is 250 g/mol. The second-order valence-corrected chi connectivity index (χ2v) is 4.74. The van der Waals surface area contributed by atoms with Crippen molar-refractivity contribution in [3.05, 3.63) is 46.8 Å². The van der Waals surface area contributed by atoms with Crippen molar-refractivity contribution < 1.29 is 9.90 Å². The number of benzene rings is 1. The molecule has 1 aromatic carbocycles. The molecule has 0 bridgehead atoms. The van der Waals surface area contributed by atoms with Gasteiger partial charge in [0.05, 0.1) is 6.57 Å². The fraction of sp³-hybridized carbons (Fsp3) is 0.412. The third-order valence-corrected chi connectivity index (χ3v) is 3.09. The first-order valence-electron chi connectivity index (χ1n) is 7.03. The minimum absolute atomic E-state index is 0.0798. The topological polar surface area (TPSA) is 41.7 Å². The largest absolute Gasteiger partial charge is 0.396 e. The van der Waals surface area contributed by atoms with Crippen molar-refractivity contribution in [1.82, 2.24) is 0 Å². The molecule has 0 saturated heterocycles. The zero-order chi connectivity index (χ0) is 14.8. The van der Waals surface area contributed by atoms with Crippen LogP contribution in [0, 0.1) is 6.57 Å². The Kier molecular flexibility index (Phi) is 7.31. The number of aliphatic hydroxyl groups is 1. The summed E-state index contributed by atoms with van der Waals surface area (Å²) < 4.78 is 0. The number of rotatable bonds is 8. The molecule has 0 fully saturated rings. The maximum absolute atomic E-state index is 11.7. The third-order valence-electron chi connectivity index (χ3n) is 3.09. The average molecular weight is 271 g/mol. The van der Waals surface area contributed by atoms with Gasteiger partial charge in [0.15, 0.2) is 11.5 Å². The number of hydrogen-bond donors (Lipinski definition) is 1. The predicted octanol–water partition coefficient (Wildman–Crippen LogP) is 3.93. The Morgan fingerprint density at radius 1 is 1.40 bits per heavy atom. The first kappa shape index (κ1) is 16.1. The van der Waals surface area contributed by atoms with E-state index in [1.165, 1.54) is 0 Å². The Morgan fingerprint density at radius 2 is 2.20 bits per heavy atom. The molecule has 0 amide bonds. The molecule has 0 heterocycles. The molecular formula is C17H21NO2. The Morgan fingerprint density at radius 3 is 2.85 bits per heavy atom. The smallest absolute Gasteiger partial charge is 0.194 e. The van der Waals surface area contributed by atoms with Crippen molar-refractivity contribution in [3.8, 4) is 0 Å². The summed E-state index contributed by atoms with van der Waals surface area (Å²) >= 11 is 0. The van der Waals surface area contributed by atoms with Crippen LogP contribution in [0.1, 0.15) is 43.7 Å². The highest BCUT2D eigenvalue weighted by Crippen LogP contribution is 2.22. The summed E-state index contributed by atoms with van der Waals surface area (Å²) in [6.07, 6.45) is 7.48. The normalized spacial score (nSPS) is 10.7. The van der Waals surface area contributed by atoms with E-state index in [1.807, 2.05) is 12.1 Å². The quantitative estimate of drug-likeness (QED) is 0.442. The van der Waals surface area contributed by atoms with Gasteiger partial charge < -0.3 is 5.11 Å². The van der Waals surface area contributed by atoms with Crippen LogP contribution in [0.15, 0.2) is 24.3 Å². The number of nitrogens with zero attached hydrogens (tertiary/aromatic N) is 1. The van der Waals surface area contributed by atoms with E-state index >= 15 is 0 Å². The van der Waals surface area contributed by atoms with Gasteiger partial charge in [-0.25, -0.2) is 4.85 Å². The zero-order valence-electron chi connectivity index (χ0n) is 11.9. The lowest BCUT2D eigenvalue weighted by Crippen LogP contribution is -1.93. The van der Waals surface area contributed by atoms with E-state index in [2.05, 4.69) is 11.8 Å². The van der Waals surface area contributed by atoms with Gasteiger partial charge in [0.1, 0.15) is 0 Å². The Bertz CT molecular complexity index is 512. The van der Waals surface area contributed by atoms with Gasteiger partial charge in [-0.05, 0) is 30.0 Å². The van der Waals surface area contributed by atoms with Crippen LogP contribution < -0.4 is 0 Å². The summed E-state index contributed by atoms with van der Waals surface area (Å²) in [6, 6.07) is 5.43. The second kappa shape index (κ2) is 9.06. The molecule has 1 rings (SSSR count). The number of allylic oxidation sites excluding steroid dienone is 1. The van der Waals surface area contributed by atoms with Crippen molar-refractivity contribution in [2.45, 2.75) is 39.0 Å². The predicted molar refractivity (Wildman–Crippen MR) is 81.7 cm³/mol. The molecule has 0 aliphatic rings. The van der Waals surface area contributed by atoms with Crippen molar-refractivity contribution >= 4 is 17.5 Å². The van der Waals surface area contributed by atoms with Crippen LogP contribution in [0.3, 0.4) is 0 Å². The van der Waals surface area contributed by atoms with E-state index in [9.17, 15) is 4.79 Å². The highest BCUT2D eigenvalue weighted by Gasteiger charge is 2.02. The molecule has 0 radical (unpaired) electrons. The number of aliphatic hydroxyl groups excluding tert-OH is 1.